The van der Waals surface area contributed by atoms with Crippen molar-refractivity contribution in [3.05, 3.63) is 67.0 Å². The number of hydrogen-bond acceptors (Lipinski definition) is 6. The van der Waals surface area contributed by atoms with E-state index in [-0.39, 0.29) is 0 Å². The quantitative estimate of drug-likeness (QED) is 0.622. The van der Waals surface area contributed by atoms with Crippen LogP contribution in [0.25, 0.3) is 0 Å². The molecule has 0 aliphatic heterocycles. The molecule has 0 radical (unpaired) electrons. The molecule has 2 amide bonds. The summed E-state index contributed by atoms with van der Waals surface area (Å²) in [6.07, 6.45) is 3.25. The van der Waals surface area contributed by atoms with Crippen LogP contribution in [-0.2, 0) is 9.59 Å². The van der Waals surface area contributed by atoms with Crippen LogP contribution in [0.3, 0.4) is 0 Å². The number of anilines is 2. The largest absolute Gasteiger partial charge is 0.497 e. The van der Waals surface area contributed by atoms with Gasteiger partial charge in [-0.15, -0.1) is 0 Å². The van der Waals surface area contributed by atoms with E-state index in [9.17, 15) is 9.59 Å². The van der Waals surface area contributed by atoms with Crippen molar-refractivity contribution in [2.75, 3.05) is 24.9 Å². The average molecular weight is 393 g/mol. The minimum Gasteiger partial charge on any atom is -0.497 e. The highest BCUT2D eigenvalue weighted by molar-refractivity contribution is 6.43. The number of methoxy groups -OCH3 is 2. The Balaban J connectivity index is 1.62. The first-order valence-corrected chi connectivity index (χ1v) is 8.61. The molecule has 2 N–H and O–H groups in total. The van der Waals surface area contributed by atoms with E-state index in [1.165, 1.54) is 14.2 Å². The van der Waals surface area contributed by atoms with Crippen molar-refractivity contribution in [3.63, 3.8) is 0 Å². The van der Waals surface area contributed by atoms with E-state index in [4.69, 9.17) is 14.2 Å². The molecule has 0 bridgehead atoms. The Kier molecular flexibility index (Phi) is 6.26. The zero-order chi connectivity index (χ0) is 20.6. The molecule has 29 heavy (non-hydrogen) atoms. The molecule has 0 atom stereocenters. The Morgan fingerprint density at radius 1 is 0.759 bits per heavy atom. The van der Waals surface area contributed by atoms with Crippen LogP contribution in [-0.4, -0.2) is 31.0 Å². The van der Waals surface area contributed by atoms with Crippen LogP contribution in [0.5, 0.6) is 23.0 Å². The number of ether oxygens (including phenoxy) is 3. The number of carbonyl (C=O) groups excluding carboxylic acids is 2. The van der Waals surface area contributed by atoms with Crippen molar-refractivity contribution in [3.8, 4) is 23.0 Å². The van der Waals surface area contributed by atoms with Crippen molar-refractivity contribution in [2.45, 2.75) is 0 Å². The van der Waals surface area contributed by atoms with Gasteiger partial charge in [0.1, 0.15) is 23.0 Å². The molecule has 3 aromatic rings. The van der Waals surface area contributed by atoms with Gasteiger partial charge in [-0.3, -0.25) is 14.6 Å². The van der Waals surface area contributed by atoms with Gasteiger partial charge in [-0.2, -0.15) is 0 Å². The van der Waals surface area contributed by atoms with Crippen LogP contribution >= 0.6 is 0 Å². The third-order valence-electron chi connectivity index (χ3n) is 3.86. The van der Waals surface area contributed by atoms with Gasteiger partial charge in [0.2, 0.25) is 0 Å². The molecule has 148 valence electrons. The molecule has 0 saturated carbocycles. The standard InChI is InChI=1S/C21H19N3O5/c1-27-17-7-8-19(28-2)18(13-17)24-21(26)20(25)23-14-3-5-15(6-4-14)29-16-9-11-22-12-10-16/h3-13H,1-2H3,(H,23,25)(H,24,26). The number of nitrogens with one attached hydrogen (secondary N) is 2. The Morgan fingerprint density at radius 2 is 1.38 bits per heavy atom. The number of carbonyl (C=O) groups is 2. The summed E-state index contributed by atoms with van der Waals surface area (Å²) in [5, 5.41) is 5.04. The molecular weight excluding hydrogens is 374 g/mol. The molecule has 2 aromatic carbocycles. The Bertz CT molecular complexity index is 991. The highest BCUT2D eigenvalue weighted by atomic mass is 16.5. The zero-order valence-corrected chi connectivity index (χ0v) is 15.8. The van der Waals surface area contributed by atoms with Crippen molar-refractivity contribution < 1.29 is 23.8 Å². The minimum atomic E-state index is -0.839. The lowest BCUT2D eigenvalue weighted by Gasteiger charge is -2.12. The van der Waals surface area contributed by atoms with E-state index >= 15 is 0 Å². The van der Waals surface area contributed by atoms with E-state index in [0.29, 0.717) is 34.4 Å². The van der Waals surface area contributed by atoms with Gasteiger partial charge in [0.25, 0.3) is 0 Å². The molecule has 3 rings (SSSR count). The second kappa shape index (κ2) is 9.23. The molecule has 1 aromatic heterocycles. The monoisotopic (exact) mass is 393 g/mol. The van der Waals surface area contributed by atoms with Crippen LogP contribution in [0.4, 0.5) is 11.4 Å². The topological polar surface area (TPSA) is 98.8 Å². The van der Waals surface area contributed by atoms with Gasteiger partial charge in [-0.25, -0.2) is 0 Å². The first-order chi connectivity index (χ1) is 14.1. The molecule has 0 fully saturated rings. The molecule has 1 heterocycles. The summed E-state index contributed by atoms with van der Waals surface area (Å²) in [6.45, 7) is 0. The minimum absolute atomic E-state index is 0.327. The molecule has 8 heteroatoms. The van der Waals surface area contributed by atoms with Crippen LogP contribution < -0.4 is 24.8 Å². The summed E-state index contributed by atoms with van der Waals surface area (Å²) in [6, 6.07) is 15.0. The van der Waals surface area contributed by atoms with Crippen LogP contribution in [0.15, 0.2) is 67.0 Å². The van der Waals surface area contributed by atoms with Crippen LogP contribution in [0, 0.1) is 0 Å². The van der Waals surface area contributed by atoms with Crippen molar-refractivity contribution in [1.82, 2.24) is 4.98 Å². The molecule has 0 saturated heterocycles. The molecular formula is C21H19N3O5. The number of hydrogen-bond donors (Lipinski definition) is 2. The van der Waals surface area contributed by atoms with Crippen LogP contribution in [0.1, 0.15) is 0 Å². The molecule has 8 nitrogen and oxygen atoms in total. The van der Waals surface area contributed by atoms with Crippen molar-refractivity contribution in [1.29, 1.82) is 0 Å². The second-order valence-corrected chi connectivity index (χ2v) is 5.78. The third kappa shape index (κ3) is 5.23. The Morgan fingerprint density at radius 3 is 2.03 bits per heavy atom. The van der Waals surface area contributed by atoms with Gasteiger partial charge in [0, 0.05) is 24.1 Å². The molecule has 0 spiro atoms. The van der Waals surface area contributed by atoms with Gasteiger partial charge in [0.15, 0.2) is 0 Å². The van der Waals surface area contributed by atoms with Gasteiger partial charge in [-0.05, 0) is 48.5 Å². The normalized spacial score (nSPS) is 10.0. The smallest absolute Gasteiger partial charge is 0.314 e. The maximum Gasteiger partial charge on any atom is 0.314 e. The van der Waals surface area contributed by atoms with E-state index < -0.39 is 11.8 Å². The van der Waals surface area contributed by atoms with Crippen molar-refractivity contribution >= 4 is 23.2 Å². The predicted octanol–water partition coefficient (Wildman–Crippen LogP) is 3.47. The number of nitrogens with zero attached hydrogens (tertiary/aromatic N) is 1. The van der Waals surface area contributed by atoms with Crippen molar-refractivity contribution in [2.24, 2.45) is 0 Å². The maximum absolute atomic E-state index is 12.2. The summed E-state index contributed by atoms with van der Waals surface area (Å²) < 4.78 is 16.0. The number of benzene rings is 2. The van der Waals surface area contributed by atoms with Gasteiger partial charge in [0.05, 0.1) is 19.9 Å². The summed E-state index contributed by atoms with van der Waals surface area (Å²) in [5.74, 6) is 0.491. The maximum atomic E-state index is 12.2. The Hall–Kier alpha value is -4.07. The molecule has 0 aliphatic carbocycles. The predicted molar refractivity (Wildman–Crippen MR) is 108 cm³/mol. The van der Waals surface area contributed by atoms with E-state index in [0.717, 1.165) is 0 Å². The fraction of sp³-hybridized carbons (Fsp3) is 0.0952. The number of rotatable bonds is 6. The molecule has 0 aliphatic rings. The highest BCUT2D eigenvalue weighted by Crippen LogP contribution is 2.29. The van der Waals surface area contributed by atoms with E-state index in [1.807, 2.05) is 0 Å². The van der Waals surface area contributed by atoms with E-state index in [2.05, 4.69) is 15.6 Å². The lowest BCUT2D eigenvalue weighted by molar-refractivity contribution is -0.133. The second-order valence-electron chi connectivity index (χ2n) is 5.78. The fourth-order valence-electron chi connectivity index (χ4n) is 2.43. The van der Waals surface area contributed by atoms with Gasteiger partial charge < -0.3 is 24.8 Å². The summed E-state index contributed by atoms with van der Waals surface area (Å²) in [5.41, 5.74) is 0.776. The number of aromatic nitrogens is 1. The SMILES string of the molecule is COc1ccc(OC)c(NC(=O)C(=O)Nc2ccc(Oc3ccncc3)cc2)c1. The lowest BCUT2D eigenvalue weighted by atomic mass is 10.2. The first-order valence-electron chi connectivity index (χ1n) is 8.61. The summed E-state index contributed by atoms with van der Waals surface area (Å²) in [7, 11) is 2.97. The zero-order valence-electron chi connectivity index (χ0n) is 15.8. The molecule has 0 unspecified atom stereocenters. The van der Waals surface area contributed by atoms with E-state index in [1.54, 1.807) is 67.0 Å². The number of amides is 2. The van der Waals surface area contributed by atoms with Gasteiger partial charge >= 0.3 is 11.8 Å². The highest BCUT2D eigenvalue weighted by Gasteiger charge is 2.17. The van der Waals surface area contributed by atoms with Crippen LogP contribution in [0.2, 0.25) is 0 Å². The summed E-state index contributed by atoms with van der Waals surface area (Å²) in [4.78, 5) is 28.4. The first kappa shape index (κ1) is 19.7. The summed E-state index contributed by atoms with van der Waals surface area (Å²) >= 11 is 0. The third-order valence-corrected chi connectivity index (χ3v) is 3.86. The average Bonchev–Trinajstić information content (AvgIpc) is 2.75. The van der Waals surface area contributed by atoms with Gasteiger partial charge in [-0.1, -0.05) is 0 Å². The number of pyridine rings is 1. The lowest BCUT2D eigenvalue weighted by Crippen LogP contribution is -2.29. The fourth-order valence-corrected chi connectivity index (χ4v) is 2.43. The Labute approximate surface area is 167 Å².